The van der Waals surface area contributed by atoms with E-state index in [2.05, 4.69) is 38.4 Å². The highest BCUT2D eigenvalue weighted by molar-refractivity contribution is 7.10. The Bertz CT molecular complexity index is 373. The van der Waals surface area contributed by atoms with Gasteiger partial charge < -0.3 is 5.32 Å². The lowest BCUT2D eigenvalue weighted by atomic mass is 9.72. The molecule has 1 aromatic rings. The van der Waals surface area contributed by atoms with Gasteiger partial charge in [0.1, 0.15) is 0 Å². The average Bonchev–Trinajstić information content (AvgIpc) is 2.67. The van der Waals surface area contributed by atoms with Gasteiger partial charge >= 0.3 is 0 Å². The van der Waals surface area contributed by atoms with E-state index in [0.29, 0.717) is 5.41 Å². The van der Waals surface area contributed by atoms with Crippen molar-refractivity contribution in [2.45, 2.75) is 53.5 Å². The summed E-state index contributed by atoms with van der Waals surface area (Å²) in [4.78, 5) is 1.66. The molecular formula is C15H25NS. The standard InChI is InChI=1S/C15H25NS/c1-5-16-9-11-10-17-14-8-12(15(2,3)4)6-7-13(11)14/h10,12,16H,5-9H2,1-4H3. The molecule has 1 atom stereocenters. The Labute approximate surface area is 110 Å². The number of rotatable bonds is 3. The number of thiophene rings is 1. The molecule has 96 valence electrons. The number of nitrogens with one attached hydrogen (secondary N) is 1. The van der Waals surface area contributed by atoms with Crippen LogP contribution in [0.3, 0.4) is 0 Å². The van der Waals surface area contributed by atoms with Gasteiger partial charge in [0, 0.05) is 11.4 Å². The second-order valence-electron chi connectivity index (χ2n) is 6.25. The van der Waals surface area contributed by atoms with Crippen molar-refractivity contribution >= 4 is 11.3 Å². The first-order valence-electron chi connectivity index (χ1n) is 6.81. The van der Waals surface area contributed by atoms with E-state index in [1.165, 1.54) is 19.3 Å². The first kappa shape index (κ1) is 13.1. The summed E-state index contributed by atoms with van der Waals surface area (Å²) < 4.78 is 0. The molecule has 1 aliphatic carbocycles. The molecule has 17 heavy (non-hydrogen) atoms. The molecule has 0 aromatic carbocycles. The van der Waals surface area contributed by atoms with E-state index in [0.717, 1.165) is 19.0 Å². The van der Waals surface area contributed by atoms with Crippen molar-refractivity contribution in [2.24, 2.45) is 11.3 Å². The Morgan fingerprint density at radius 2 is 2.18 bits per heavy atom. The summed E-state index contributed by atoms with van der Waals surface area (Å²) in [5.74, 6) is 0.862. The lowest BCUT2D eigenvalue weighted by Gasteiger charge is -2.34. The van der Waals surface area contributed by atoms with Gasteiger partial charge in [-0.1, -0.05) is 27.7 Å². The molecule has 0 saturated carbocycles. The van der Waals surface area contributed by atoms with Gasteiger partial charge in [0.05, 0.1) is 0 Å². The third kappa shape index (κ3) is 2.92. The molecule has 2 rings (SSSR count). The lowest BCUT2D eigenvalue weighted by molar-refractivity contribution is 0.217. The molecule has 0 amide bonds. The summed E-state index contributed by atoms with van der Waals surface area (Å²) in [6.45, 7) is 11.5. The Kier molecular flexibility index (Phi) is 3.94. The molecule has 0 bridgehead atoms. The van der Waals surface area contributed by atoms with Gasteiger partial charge in [-0.3, -0.25) is 0 Å². The van der Waals surface area contributed by atoms with Crippen molar-refractivity contribution in [2.75, 3.05) is 6.54 Å². The molecule has 0 aliphatic heterocycles. The highest BCUT2D eigenvalue weighted by atomic mass is 32.1. The van der Waals surface area contributed by atoms with Crippen LogP contribution in [-0.4, -0.2) is 6.54 Å². The first-order chi connectivity index (χ1) is 8.02. The van der Waals surface area contributed by atoms with Crippen molar-refractivity contribution in [1.82, 2.24) is 5.32 Å². The second-order valence-corrected chi connectivity index (χ2v) is 7.21. The summed E-state index contributed by atoms with van der Waals surface area (Å²) >= 11 is 1.98. The van der Waals surface area contributed by atoms with Crippen LogP contribution in [0.2, 0.25) is 0 Å². The number of fused-ring (bicyclic) bond motifs is 1. The Balaban J connectivity index is 2.10. The van der Waals surface area contributed by atoms with Gasteiger partial charge in [-0.2, -0.15) is 0 Å². The first-order valence-corrected chi connectivity index (χ1v) is 7.69. The molecule has 0 radical (unpaired) electrons. The topological polar surface area (TPSA) is 12.0 Å². The van der Waals surface area contributed by atoms with E-state index >= 15 is 0 Å². The van der Waals surface area contributed by atoms with Crippen LogP contribution in [0.25, 0.3) is 0 Å². The van der Waals surface area contributed by atoms with Crippen molar-refractivity contribution in [3.63, 3.8) is 0 Å². The quantitative estimate of drug-likeness (QED) is 0.856. The highest BCUT2D eigenvalue weighted by Gasteiger charge is 2.30. The van der Waals surface area contributed by atoms with Crippen molar-refractivity contribution in [1.29, 1.82) is 0 Å². The maximum absolute atomic E-state index is 3.45. The van der Waals surface area contributed by atoms with E-state index < -0.39 is 0 Å². The second kappa shape index (κ2) is 5.11. The van der Waals surface area contributed by atoms with Crippen molar-refractivity contribution in [3.8, 4) is 0 Å². The average molecular weight is 251 g/mol. The van der Waals surface area contributed by atoms with Gasteiger partial charge in [-0.15, -0.1) is 11.3 Å². The largest absolute Gasteiger partial charge is 0.313 e. The minimum Gasteiger partial charge on any atom is -0.313 e. The predicted molar refractivity (Wildman–Crippen MR) is 76.7 cm³/mol. The minimum absolute atomic E-state index is 0.462. The molecule has 1 aromatic heterocycles. The van der Waals surface area contributed by atoms with Gasteiger partial charge in [0.25, 0.3) is 0 Å². The molecular weight excluding hydrogens is 226 g/mol. The molecule has 1 heterocycles. The summed E-state index contributed by atoms with van der Waals surface area (Å²) in [6, 6.07) is 0. The van der Waals surface area contributed by atoms with Crippen LogP contribution in [0.15, 0.2) is 5.38 Å². The van der Waals surface area contributed by atoms with Gasteiger partial charge in [-0.05, 0) is 53.6 Å². The third-order valence-electron chi connectivity index (χ3n) is 4.03. The van der Waals surface area contributed by atoms with Gasteiger partial charge in [-0.25, -0.2) is 0 Å². The van der Waals surface area contributed by atoms with E-state index in [1.807, 2.05) is 11.3 Å². The normalized spacial score (nSPS) is 20.4. The lowest BCUT2D eigenvalue weighted by Crippen LogP contribution is -2.26. The minimum atomic E-state index is 0.462. The zero-order valence-electron chi connectivity index (χ0n) is 11.6. The van der Waals surface area contributed by atoms with Crippen LogP contribution in [0.4, 0.5) is 0 Å². The van der Waals surface area contributed by atoms with Crippen LogP contribution in [0.5, 0.6) is 0 Å². The predicted octanol–water partition coefficient (Wildman–Crippen LogP) is 4.01. The molecule has 0 spiro atoms. The van der Waals surface area contributed by atoms with Crippen molar-refractivity contribution < 1.29 is 0 Å². The Morgan fingerprint density at radius 3 is 2.82 bits per heavy atom. The fourth-order valence-corrected chi connectivity index (χ4v) is 3.91. The molecule has 1 unspecified atom stereocenters. The SMILES string of the molecule is CCNCc1csc2c1CCC(C(C)(C)C)C2. The third-order valence-corrected chi connectivity index (χ3v) is 5.13. The van der Waals surface area contributed by atoms with Gasteiger partial charge in [0.2, 0.25) is 0 Å². The highest BCUT2D eigenvalue weighted by Crippen LogP contribution is 2.40. The Morgan fingerprint density at radius 1 is 1.41 bits per heavy atom. The van der Waals surface area contributed by atoms with Crippen molar-refractivity contribution in [3.05, 3.63) is 21.4 Å². The number of hydrogen-bond acceptors (Lipinski definition) is 2. The Hall–Kier alpha value is -0.340. The molecule has 0 saturated heterocycles. The molecule has 1 aliphatic rings. The molecule has 0 fully saturated rings. The van der Waals surface area contributed by atoms with E-state index in [4.69, 9.17) is 0 Å². The van der Waals surface area contributed by atoms with Crippen LogP contribution in [-0.2, 0) is 19.4 Å². The van der Waals surface area contributed by atoms with Crippen LogP contribution in [0.1, 0.15) is 50.1 Å². The fraction of sp³-hybridized carbons (Fsp3) is 0.733. The number of hydrogen-bond donors (Lipinski definition) is 1. The fourth-order valence-electron chi connectivity index (χ4n) is 2.73. The summed E-state index contributed by atoms with van der Waals surface area (Å²) in [5.41, 5.74) is 3.68. The monoisotopic (exact) mass is 251 g/mol. The van der Waals surface area contributed by atoms with E-state index in [-0.39, 0.29) is 0 Å². The van der Waals surface area contributed by atoms with Crippen LogP contribution < -0.4 is 5.32 Å². The van der Waals surface area contributed by atoms with E-state index in [1.54, 1.807) is 16.0 Å². The van der Waals surface area contributed by atoms with Crippen LogP contribution in [0, 0.1) is 11.3 Å². The zero-order chi connectivity index (χ0) is 12.5. The maximum Gasteiger partial charge on any atom is 0.0216 e. The van der Waals surface area contributed by atoms with Crippen LogP contribution >= 0.6 is 11.3 Å². The molecule has 1 N–H and O–H groups in total. The summed E-state index contributed by atoms with van der Waals surface area (Å²) in [6.07, 6.45) is 3.96. The maximum atomic E-state index is 3.45. The van der Waals surface area contributed by atoms with Gasteiger partial charge in [0.15, 0.2) is 0 Å². The molecule has 2 heteroatoms. The molecule has 1 nitrogen and oxygen atoms in total. The zero-order valence-corrected chi connectivity index (χ0v) is 12.4. The summed E-state index contributed by atoms with van der Waals surface area (Å²) in [5, 5.41) is 5.82. The van der Waals surface area contributed by atoms with E-state index in [9.17, 15) is 0 Å². The smallest absolute Gasteiger partial charge is 0.0216 e. The summed E-state index contributed by atoms with van der Waals surface area (Å²) in [7, 11) is 0.